The highest BCUT2D eigenvalue weighted by molar-refractivity contribution is 7.25. The van der Waals surface area contributed by atoms with Gasteiger partial charge in [0.05, 0.1) is 11.0 Å². The molecule has 0 amide bonds. The first-order valence-corrected chi connectivity index (χ1v) is 27.2. The Morgan fingerprint density at radius 2 is 0.667 bits per heavy atom. The van der Waals surface area contributed by atoms with Crippen LogP contribution in [-0.2, 0) is 0 Å². The van der Waals surface area contributed by atoms with Gasteiger partial charge in [-0.3, -0.25) is 0 Å². The lowest BCUT2D eigenvalue weighted by molar-refractivity contribution is 0.668. The SMILES string of the molecule is c1ccc(N(c2ccc(-c3ccc4c(c3)c3cc(-c5ccc(N(c6ccccc6)c6ccc7oc8ccccc8c7c6)cc5)ccc3n4-c3ccc4sc5ccccc5c4c3)cc2)c2ccc3oc4ccccc4c3c2)cc1. The van der Waals surface area contributed by atoms with Gasteiger partial charge >= 0.3 is 0 Å². The van der Waals surface area contributed by atoms with E-state index in [2.05, 4.69) is 263 Å². The Labute approximate surface area is 452 Å². The molecule has 16 rings (SSSR count). The van der Waals surface area contributed by atoms with Gasteiger partial charge in [-0.15, -0.1) is 11.3 Å². The van der Waals surface area contributed by atoms with Crippen LogP contribution < -0.4 is 9.80 Å². The topological polar surface area (TPSA) is 37.7 Å². The zero-order chi connectivity index (χ0) is 51.3. The minimum Gasteiger partial charge on any atom is -0.456 e. The molecule has 4 heterocycles. The zero-order valence-electron chi connectivity index (χ0n) is 42.0. The molecule has 6 heteroatoms. The molecule has 4 aromatic heterocycles. The maximum absolute atomic E-state index is 6.24. The second-order valence-corrected chi connectivity index (χ2v) is 21.2. The van der Waals surface area contributed by atoms with Gasteiger partial charge in [-0.1, -0.05) is 127 Å². The number of furan rings is 2. The third-order valence-corrected chi connectivity index (χ3v) is 16.7. The van der Waals surface area contributed by atoms with Gasteiger partial charge in [0.25, 0.3) is 0 Å². The summed E-state index contributed by atoms with van der Waals surface area (Å²) >= 11 is 1.85. The van der Waals surface area contributed by atoms with E-state index in [1.807, 2.05) is 35.6 Å². The molecule has 0 unspecified atom stereocenters. The van der Waals surface area contributed by atoms with Gasteiger partial charge in [0.2, 0.25) is 0 Å². The van der Waals surface area contributed by atoms with Crippen molar-refractivity contribution in [3.8, 4) is 27.9 Å². The highest BCUT2D eigenvalue weighted by Gasteiger charge is 2.20. The Kier molecular flexibility index (Phi) is 10.0. The van der Waals surface area contributed by atoms with Crippen LogP contribution in [0.2, 0.25) is 0 Å². The van der Waals surface area contributed by atoms with Crippen molar-refractivity contribution >= 4 is 131 Å². The van der Waals surface area contributed by atoms with Crippen molar-refractivity contribution in [2.24, 2.45) is 0 Å². The Morgan fingerprint density at radius 1 is 0.256 bits per heavy atom. The van der Waals surface area contributed by atoms with Crippen LogP contribution in [0.4, 0.5) is 34.1 Å². The number of para-hydroxylation sites is 4. The average molecular weight is 1020 g/mol. The number of thiophene rings is 1. The van der Waals surface area contributed by atoms with Crippen LogP contribution in [0.1, 0.15) is 0 Å². The van der Waals surface area contributed by atoms with E-state index in [1.165, 1.54) is 30.9 Å². The summed E-state index contributed by atoms with van der Waals surface area (Å²) in [5, 5.41) is 9.38. The van der Waals surface area contributed by atoms with Crippen LogP contribution in [0.15, 0.2) is 282 Å². The maximum Gasteiger partial charge on any atom is 0.135 e. The number of aromatic nitrogens is 1. The normalized spacial score (nSPS) is 11.8. The van der Waals surface area contributed by atoms with E-state index in [0.29, 0.717) is 0 Å². The molecule has 0 saturated heterocycles. The minimum atomic E-state index is 0.880. The molecule has 0 bridgehead atoms. The first-order chi connectivity index (χ1) is 38.6. The molecule has 0 N–H and O–H groups in total. The number of benzene rings is 12. The molecule has 16 aromatic rings. The van der Waals surface area contributed by atoms with Gasteiger partial charge in [-0.25, -0.2) is 0 Å². The highest BCUT2D eigenvalue weighted by atomic mass is 32.1. The van der Waals surface area contributed by atoms with E-state index >= 15 is 0 Å². The standard InChI is InChI=1S/C72H45N3O2S/c1-3-13-50(14-4-1)73(54-33-38-69-62(43-54)57-17-7-10-20-67(57)76-69)52-29-23-46(24-30-52)48-27-36-65-60(41-48)61-42-49(28-37-66(61)75(65)56-35-40-72-64(45-56)59-19-9-12-22-71(59)78-72)47-25-31-53(32-26-47)74(51-15-5-2-6-16-51)55-34-39-70-63(44-55)58-18-8-11-21-68(58)77-70/h1-45H. The summed E-state index contributed by atoms with van der Waals surface area (Å²) < 4.78 is 17.5. The largest absolute Gasteiger partial charge is 0.456 e. The predicted octanol–water partition coefficient (Wildman–Crippen LogP) is 21.2. The molecule has 0 fully saturated rings. The molecule has 0 aliphatic heterocycles. The number of anilines is 6. The fraction of sp³-hybridized carbons (Fsp3) is 0. The van der Waals surface area contributed by atoms with E-state index in [9.17, 15) is 0 Å². The molecule has 12 aromatic carbocycles. The maximum atomic E-state index is 6.24. The van der Waals surface area contributed by atoms with Crippen molar-refractivity contribution in [3.05, 3.63) is 273 Å². The van der Waals surface area contributed by atoms with E-state index < -0.39 is 0 Å². The number of nitrogens with zero attached hydrogens (tertiary/aromatic N) is 3. The van der Waals surface area contributed by atoms with Crippen LogP contribution in [0.5, 0.6) is 0 Å². The molecule has 5 nitrogen and oxygen atoms in total. The fourth-order valence-corrected chi connectivity index (χ4v) is 13.0. The van der Waals surface area contributed by atoms with Crippen molar-refractivity contribution in [1.29, 1.82) is 0 Å². The van der Waals surface area contributed by atoms with Crippen LogP contribution >= 0.6 is 11.3 Å². The highest BCUT2D eigenvalue weighted by Crippen LogP contribution is 2.44. The van der Waals surface area contributed by atoms with Crippen LogP contribution in [0.25, 0.3) is 114 Å². The van der Waals surface area contributed by atoms with E-state index in [4.69, 9.17) is 8.83 Å². The molecule has 78 heavy (non-hydrogen) atoms. The Hall–Kier alpha value is -10.1. The van der Waals surface area contributed by atoms with Gasteiger partial charge < -0.3 is 23.2 Å². The molecule has 0 spiro atoms. The summed E-state index contributed by atoms with van der Waals surface area (Å²) in [6, 6.07) is 98.4. The molecule has 0 saturated carbocycles. The third-order valence-electron chi connectivity index (χ3n) is 15.6. The van der Waals surface area contributed by atoms with Gasteiger partial charge in [0, 0.05) is 92.3 Å². The number of rotatable bonds is 9. The van der Waals surface area contributed by atoms with Crippen LogP contribution in [-0.4, -0.2) is 4.57 Å². The predicted molar refractivity (Wildman–Crippen MR) is 328 cm³/mol. The van der Waals surface area contributed by atoms with Gasteiger partial charge in [0.15, 0.2) is 0 Å². The van der Waals surface area contributed by atoms with Gasteiger partial charge in [0.1, 0.15) is 22.3 Å². The second kappa shape index (κ2) is 17.7. The monoisotopic (exact) mass is 1020 g/mol. The lowest BCUT2D eigenvalue weighted by Gasteiger charge is -2.25. The molecular weight excluding hydrogens is 971 g/mol. The summed E-state index contributed by atoms with van der Waals surface area (Å²) in [6.45, 7) is 0. The quantitative estimate of drug-likeness (QED) is 0.144. The number of hydrogen-bond donors (Lipinski definition) is 0. The summed E-state index contributed by atoms with van der Waals surface area (Å²) in [7, 11) is 0. The Morgan fingerprint density at radius 3 is 1.19 bits per heavy atom. The van der Waals surface area contributed by atoms with Crippen molar-refractivity contribution in [2.75, 3.05) is 9.80 Å². The number of fused-ring (bicyclic) bond motifs is 12. The molecule has 0 aliphatic rings. The fourth-order valence-electron chi connectivity index (χ4n) is 11.9. The summed E-state index contributed by atoms with van der Waals surface area (Å²) in [5.74, 6) is 0. The summed E-state index contributed by atoms with van der Waals surface area (Å²) in [4.78, 5) is 4.65. The van der Waals surface area contributed by atoms with Gasteiger partial charge in [-0.2, -0.15) is 0 Å². The zero-order valence-corrected chi connectivity index (χ0v) is 42.9. The van der Waals surface area contributed by atoms with E-state index in [1.54, 1.807) is 0 Å². The molecular formula is C72H45N3O2S. The molecule has 0 radical (unpaired) electrons. The average Bonchev–Trinajstić information content (AvgIpc) is 4.43. The summed E-state index contributed by atoms with van der Waals surface area (Å²) in [6.07, 6.45) is 0. The van der Waals surface area contributed by atoms with E-state index in [0.717, 1.165) is 117 Å². The smallest absolute Gasteiger partial charge is 0.135 e. The first kappa shape index (κ1) is 44.2. The van der Waals surface area contributed by atoms with Crippen molar-refractivity contribution in [2.45, 2.75) is 0 Å². The van der Waals surface area contributed by atoms with E-state index in [-0.39, 0.29) is 0 Å². The second-order valence-electron chi connectivity index (χ2n) is 20.1. The molecule has 0 aliphatic carbocycles. The first-order valence-electron chi connectivity index (χ1n) is 26.4. The van der Waals surface area contributed by atoms with Gasteiger partial charge in [-0.05, 0) is 168 Å². The Bertz CT molecular complexity index is 4720. The molecule has 366 valence electrons. The number of hydrogen-bond acceptors (Lipinski definition) is 5. The van der Waals surface area contributed by atoms with Crippen molar-refractivity contribution in [1.82, 2.24) is 4.57 Å². The lowest BCUT2D eigenvalue weighted by atomic mass is 9.99. The van der Waals surface area contributed by atoms with Crippen LogP contribution in [0, 0.1) is 0 Å². The lowest BCUT2D eigenvalue weighted by Crippen LogP contribution is -2.09. The Balaban J connectivity index is 0.808. The summed E-state index contributed by atoms with van der Waals surface area (Å²) in [5.41, 5.74) is 18.1. The van der Waals surface area contributed by atoms with Crippen molar-refractivity contribution in [3.63, 3.8) is 0 Å². The molecule has 0 atom stereocenters. The minimum absolute atomic E-state index is 0.880. The third kappa shape index (κ3) is 7.22. The van der Waals surface area contributed by atoms with Crippen LogP contribution in [0.3, 0.4) is 0 Å². The van der Waals surface area contributed by atoms with Crippen molar-refractivity contribution < 1.29 is 8.83 Å².